The lowest BCUT2D eigenvalue weighted by molar-refractivity contribution is 0.0894. The molecule has 26 heavy (non-hydrogen) atoms. The minimum Gasteiger partial charge on any atom is -0.294 e. The average Bonchev–Trinajstić information content (AvgIpc) is 2.59. The van der Waals surface area contributed by atoms with E-state index in [-0.39, 0.29) is 5.92 Å². The molecule has 0 aliphatic carbocycles. The molecule has 1 aromatic rings. The third-order valence-corrected chi connectivity index (χ3v) is 7.91. The maximum absolute atomic E-state index is 13.8. The molecule has 0 aromatic heterocycles. The molecule has 2 aliphatic heterocycles. The Morgan fingerprint density at radius 2 is 1.38 bits per heavy atom. The maximum Gasteiger partial charge on any atom is 0.166 e. The molecule has 1 nitrogen and oxygen atoms in total. The fourth-order valence-corrected chi connectivity index (χ4v) is 6.55. The number of ketones is 1. The number of fused-ring (bicyclic) bond motifs is 2. The van der Waals surface area contributed by atoms with Gasteiger partial charge in [-0.05, 0) is 60.1 Å². The van der Waals surface area contributed by atoms with Crippen molar-refractivity contribution < 1.29 is 4.79 Å². The van der Waals surface area contributed by atoms with Gasteiger partial charge in [-0.25, -0.2) is 0 Å². The Kier molecular flexibility index (Phi) is 6.22. The molecule has 0 amide bonds. The summed E-state index contributed by atoms with van der Waals surface area (Å²) < 4.78 is 0. The van der Waals surface area contributed by atoms with Gasteiger partial charge in [0, 0.05) is 22.0 Å². The van der Waals surface area contributed by atoms with E-state index in [4.69, 9.17) is 0 Å². The molecule has 2 fully saturated rings. The summed E-state index contributed by atoms with van der Waals surface area (Å²) in [5.74, 6) is 1.97. The third-order valence-electron chi connectivity index (χ3n) is 6.28. The molecular formula is C24H36OS. The normalized spacial score (nSPS) is 26.0. The van der Waals surface area contributed by atoms with E-state index in [0.29, 0.717) is 23.5 Å². The second-order valence-corrected chi connectivity index (χ2v) is 11.0. The highest BCUT2D eigenvalue weighted by Crippen LogP contribution is 2.45. The predicted octanol–water partition coefficient (Wildman–Crippen LogP) is 7.30. The minimum atomic E-state index is 0.242. The molecule has 0 N–H and O–H groups in total. The van der Waals surface area contributed by atoms with Crippen LogP contribution in [-0.4, -0.2) is 16.3 Å². The summed E-state index contributed by atoms with van der Waals surface area (Å²) in [5, 5.41) is 1.44. The quantitative estimate of drug-likeness (QED) is 0.504. The van der Waals surface area contributed by atoms with Gasteiger partial charge in [-0.15, -0.1) is 0 Å². The molecule has 2 heterocycles. The highest BCUT2D eigenvalue weighted by atomic mass is 32.2. The molecular weight excluding hydrogens is 336 g/mol. The predicted molar refractivity (Wildman–Crippen MR) is 115 cm³/mol. The number of Topliss-reactive ketones (excluding diaryl/α,β-unsaturated/α-hetero) is 1. The smallest absolute Gasteiger partial charge is 0.166 e. The third kappa shape index (κ3) is 4.06. The summed E-state index contributed by atoms with van der Waals surface area (Å²) in [6.45, 7) is 13.5. The molecule has 2 aliphatic rings. The lowest BCUT2D eigenvalue weighted by atomic mass is 9.77. The van der Waals surface area contributed by atoms with Crippen LogP contribution in [0.15, 0.2) is 12.1 Å². The Morgan fingerprint density at radius 1 is 0.885 bits per heavy atom. The summed E-state index contributed by atoms with van der Waals surface area (Å²) in [7, 11) is 0. The van der Waals surface area contributed by atoms with E-state index in [1.807, 2.05) is 0 Å². The van der Waals surface area contributed by atoms with E-state index in [9.17, 15) is 4.79 Å². The lowest BCUT2D eigenvalue weighted by Gasteiger charge is -2.38. The van der Waals surface area contributed by atoms with Gasteiger partial charge in [0.1, 0.15) is 0 Å². The zero-order valence-corrected chi connectivity index (χ0v) is 18.3. The van der Waals surface area contributed by atoms with E-state index in [0.717, 1.165) is 28.9 Å². The van der Waals surface area contributed by atoms with Crippen LogP contribution >= 0.6 is 11.8 Å². The molecule has 3 rings (SSSR count). The minimum absolute atomic E-state index is 0.242. The van der Waals surface area contributed by atoms with Gasteiger partial charge in [0.05, 0.1) is 0 Å². The Hall–Kier alpha value is -0.760. The van der Waals surface area contributed by atoms with Crippen LogP contribution in [0.4, 0.5) is 0 Å². The number of rotatable bonds is 5. The van der Waals surface area contributed by atoms with Gasteiger partial charge in [0.25, 0.3) is 0 Å². The van der Waals surface area contributed by atoms with Crippen molar-refractivity contribution >= 4 is 17.5 Å². The van der Waals surface area contributed by atoms with Crippen molar-refractivity contribution in [3.8, 4) is 0 Å². The molecule has 0 saturated carbocycles. The highest BCUT2D eigenvalue weighted by molar-refractivity contribution is 8.00. The number of carbonyl (C=O) groups is 1. The van der Waals surface area contributed by atoms with Gasteiger partial charge in [-0.2, -0.15) is 11.8 Å². The van der Waals surface area contributed by atoms with Crippen molar-refractivity contribution in [2.45, 2.75) is 102 Å². The summed E-state index contributed by atoms with van der Waals surface area (Å²) in [6, 6.07) is 4.65. The van der Waals surface area contributed by atoms with Crippen molar-refractivity contribution in [1.82, 2.24) is 0 Å². The molecule has 2 unspecified atom stereocenters. The summed E-state index contributed by atoms with van der Waals surface area (Å²) in [5.41, 5.74) is 5.03. The van der Waals surface area contributed by atoms with Crippen molar-refractivity contribution in [2.75, 3.05) is 0 Å². The zero-order chi connectivity index (χ0) is 19.0. The van der Waals surface area contributed by atoms with Gasteiger partial charge < -0.3 is 0 Å². The molecule has 0 spiro atoms. The first-order valence-corrected chi connectivity index (χ1v) is 11.6. The Bertz CT molecular complexity index is 617. The molecule has 2 atom stereocenters. The maximum atomic E-state index is 13.8. The van der Waals surface area contributed by atoms with Crippen molar-refractivity contribution in [2.24, 2.45) is 5.92 Å². The van der Waals surface area contributed by atoms with Crippen LogP contribution < -0.4 is 0 Å². The number of carbonyl (C=O) groups excluding carboxylic acids is 1. The fourth-order valence-electron chi connectivity index (χ4n) is 4.72. The largest absolute Gasteiger partial charge is 0.294 e. The summed E-state index contributed by atoms with van der Waals surface area (Å²) in [6.07, 6.45) is 6.18. The first-order chi connectivity index (χ1) is 12.3. The number of thioether (sulfide) groups is 1. The Labute approximate surface area is 164 Å². The highest BCUT2D eigenvalue weighted by Gasteiger charge is 2.37. The summed E-state index contributed by atoms with van der Waals surface area (Å²) >= 11 is 2.16. The van der Waals surface area contributed by atoms with Gasteiger partial charge in [-0.1, -0.05) is 60.1 Å². The summed E-state index contributed by atoms with van der Waals surface area (Å²) in [4.78, 5) is 13.8. The second kappa shape index (κ2) is 8.09. The van der Waals surface area contributed by atoms with Gasteiger partial charge in [0.15, 0.2) is 5.78 Å². The van der Waals surface area contributed by atoms with Gasteiger partial charge in [0.2, 0.25) is 0 Å². The SMILES string of the molecule is CC(C)c1cc(C(C)C)c(C(=O)C2CC3CCCC(C2)S3)c(C(C)C)c1. The van der Waals surface area contributed by atoms with Crippen LogP contribution in [0.2, 0.25) is 0 Å². The molecule has 2 bridgehead atoms. The molecule has 2 saturated heterocycles. The van der Waals surface area contributed by atoms with Gasteiger partial charge >= 0.3 is 0 Å². The van der Waals surface area contributed by atoms with Crippen LogP contribution in [-0.2, 0) is 0 Å². The van der Waals surface area contributed by atoms with Crippen LogP contribution in [0, 0.1) is 5.92 Å². The van der Waals surface area contributed by atoms with E-state index < -0.39 is 0 Å². The molecule has 144 valence electrons. The second-order valence-electron chi connectivity index (χ2n) is 9.38. The fraction of sp³-hybridized carbons (Fsp3) is 0.708. The lowest BCUT2D eigenvalue weighted by Crippen LogP contribution is -2.33. The topological polar surface area (TPSA) is 17.1 Å². The number of benzene rings is 1. The van der Waals surface area contributed by atoms with E-state index in [1.165, 1.54) is 36.0 Å². The molecule has 2 heteroatoms. The first-order valence-electron chi connectivity index (χ1n) is 10.6. The van der Waals surface area contributed by atoms with E-state index >= 15 is 0 Å². The van der Waals surface area contributed by atoms with E-state index in [1.54, 1.807) is 0 Å². The van der Waals surface area contributed by atoms with Crippen LogP contribution in [0.25, 0.3) is 0 Å². The van der Waals surface area contributed by atoms with Crippen molar-refractivity contribution in [3.63, 3.8) is 0 Å². The van der Waals surface area contributed by atoms with Crippen molar-refractivity contribution in [1.29, 1.82) is 0 Å². The number of hydrogen-bond acceptors (Lipinski definition) is 2. The average molecular weight is 373 g/mol. The zero-order valence-electron chi connectivity index (χ0n) is 17.5. The first kappa shape index (κ1) is 20.0. The Morgan fingerprint density at radius 3 is 1.81 bits per heavy atom. The Balaban J connectivity index is 2.03. The van der Waals surface area contributed by atoms with Crippen molar-refractivity contribution in [3.05, 3.63) is 34.4 Å². The van der Waals surface area contributed by atoms with Crippen LogP contribution in [0.5, 0.6) is 0 Å². The molecule has 1 aromatic carbocycles. The van der Waals surface area contributed by atoms with Crippen LogP contribution in [0.3, 0.4) is 0 Å². The number of hydrogen-bond donors (Lipinski definition) is 0. The van der Waals surface area contributed by atoms with E-state index in [2.05, 4.69) is 65.4 Å². The van der Waals surface area contributed by atoms with Gasteiger partial charge in [-0.3, -0.25) is 4.79 Å². The monoisotopic (exact) mass is 372 g/mol. The van der Waals surface area contributed by atoms with Crippen LogP contribution in [0.1, 0.15) is 118 Å². The standard InChI is InChI=1S/C24H36OS/c1-14(2)17-12-21(15(3)4)23(22(13-17)16(5)6)24(25)18-10-19-8-7-9-20(11-18)26-19/h12-16,18-20H,7-11H2,1-6H3. The molecule has 0 radical (unpaired) electrons.